The number of aromatic nitrogens is 3. The van der Waals surface area contributed by atoms with Gasteiger partial charge in [-0.2, -0.15) is 13.2 Å². The van der Waals surface area contributed by atoms with E-state index in [1.807, 2.05) is 47.6 Å². The predicted molar refractivity (Wildman–Crippen MR) is 131 cm³/mol. The summed E-state index contributed by atoms with van der Waals surface area (Å²) in [6, 6.07) is 11.8. The number of carbonyl (C=O) groups excluding carboxylic acids is 2. The number of thioether (sulfide) groups is 1. The quantitative estimate of drug-likeness (QED) is 0.429. The second-order valence-corrected chi connectivity index (χ2v) is 9.41. The number of amides is 2. The van der Waals surface area contributed by atoms with Gasteiger partial charge >= 0.3 is 6.18 Å². The van der Waals surface area contributed by atoms with E-state index in [-0.39, 0.29) is 23.4 Å². The number of nitrogens with one attached hydrogen (secondary N) is 1. The molecule has 1 aliphatic rings. The molecular weight excluding hydrogens is 491 g/mol. The highest BCUT2D eigenvalue weighted by molar-refractivity contribution is 7.99. The second kappa shape index (κ2) is 10.7. The second-order valence-electron chi connectivity index (χ2n) is 8.47. The Bertz CT molecular complexity index is 1260. The predicted octanol–water partition coefficient (Wildman–Crippen LogP) is 5.33. The van der Waals surface area contributed by atoms with E-state index in [4.69, 9.17) is 0 Å². The van der Waals surface area contributed by atoms with Crippen LogP contribution in [0.25, 0.3) is 0 Å². The molecule has 1 aromatic heterocycles. The van der Waals surface area contributed by atoms with E-state index in [2.05, 4.69) is 15.5 Å². The van der Waals surface area contributed by atoms with Crippen LogP contribution in [-0.4, -0.2) is 43.8 Å². The summed E-state index contributed by atoms with van der Waals surface area (Å²) in [6.45, 7) is 5.01. The van der Waals surface area contributed by atoms with E-state index in [9.17, 15) is 22.8 Å². The van der Waals surface area contributed by atoms with Crippen LogP contribution in [0.5, 0.6) is 0 Å². The van der Waals surface area contributed by atoms with Crippen molar-refractivity contribution in [2.75, 3.05) is 17.6 Å². The number of halogens is 3. The molecule has 7 nitrogen and oxygen atoms in total. The highest BCUT2D eigenvalue weighted by Gasteiger charge is 2.35. The fourth-order valence-electron chi connectivity index (χ4n) is 4.30. The normalized spacial score (nSPS) is 15.8. The van der Waals surface area contributed by atoms with Crippen LogP contribution >= 0.6 is 11.8 Å². The number of nitrogens with zero attached hydrogens (tertiary/aromatic N) is 4. The van der Waals surface area contributed by atoms with Crippen LogP contribution in [0, 0.1) is 6.92 Å². The first-order valence-electron chi connectivity index (χ1n) is 11.6. The molecule has 1 aliphatic heterocycles. The molecule has 1 fully saturated rings. The molecule has 0 spiro atoms. The Kier molecular flexibility index (Phi) is 7.67. The van der Waals surface area contributed by atoms with Crippen LogP contribution in [-0.2, 0) is 17.5 Å². The molecule has 2 heterocycles. The molecule has 0 aliphatic carbocycles. The van der Waals surface area contributed by atoms with E-state index in [0.717, 1.165) is 42.3 Å². The minimum Gasteiger partial charge on any atom is -0.328 e. The average molecular weight is 518 g/mol. The first kappa shape index (κ1) is 25.7. The number of anilines is 1. The standard InChI is InChI=1S/C25H26F3N5O2S/c1-3-32-22(20-12-7-13-33(20)23(35)19-11-5-4-8-16(19)2)30-31-24(32)36-15-21(34)29-18-10-6-9-17(14-18)25(26,27)28/h4-6,8-11,14,20H,3,7,12-13,15H2,1-2H3,(H,29,34). The fourth-order valence-corrected chi connectivity index (χ4v) is 5.11. The van der Waals surface area contributed by atoms with Crippen molar-refractivity contribution in [2.24, 2.45) is 0 Å². The lowest BCUT2D eigenvalue weighted by Gasteiger charge is -2.25. The zero-order chi connectivity index (χ0) is 25.9. The topological polar surface area (TPSA) is 80.1 Å². The van der Waals surface area contributed by atoms with Gasteiger partial charge in [0.25, 0.3) is 5.91 Å². The van der Waals surface area contributed by atoms with Gasteiger partial charge in [0.05, 0.1) is 17.4 Å². The maximum atomic E-state index is 13.3. The van der Waals surface area contributed by atoms with Gasteiger partial charge in [-0.05, 0) is 56.5 Å². The minimum atomic E-state index is -4.49. The number of likely N-dealkylation sites (tertiary alicyclic amines) is 1. The molecule has 3 aromatic rings. The van der Waals surface area contributed by atoms with E-state index >= 15 is 0 Å². The number of rotatable bonds is 7. The number of aryl methyl sites for hydroxylation is 1. The van der Waals surface area contributed by atoms with Gasteiger partial charge in [0.1, 0.15) is 0 Å². The zero-order valence-corrected chi connectivity index (χ0v) is 20.7. The smallest absolute Gasteiger partial charge is 0.328 e. The summed E-state index contributed by atoms with van der Waals surface area (Å²) < 4.78 is 40.7. The van der Waals surface area contributed by atoms with Crippen molar-refractivity contribution in [2.45, 2.75) is 50.6 Å². The van der Waals surface area contributed by atoms with Crippen molar-refractivity contribution in [1.82, 2.24) is 19.7 Å². The molecule has 36 heavy (non-hydrogen) atoms. The summed E-state index contributed by atoms with van der Waals surface area (Å²) >= 11 is 1.15. The highest BCUT2D eigenvalue weighted by Crippen LogP contribution is 2.34. The highest BCUT2D eigenvalue weighted by atomic mass is 32.2. The van der Waals surface area contributed by atoms with Gasteiger partial charge < -0.3 is 14.8 Å². The van der Waals surface area contributed by atoms with Gasteiger partial charge in [0.15, 0.2) is 11.0 Å². The molecule has 4 rings (SSSR count). The summed E-state index contributed by atoms with van der Waals surface area (Å²) in [6.07, 6.45) is -2.88. The Labute approximate surface area is 211 Å². The summed E-state index contributed by atoms with van der Waals surface area (Å²) in [7, 11) is 0. The lowest BCUT2D eigenvalue weighted by molar-refractivity contribution is -0.137. The maximum Gasteiger partial charge on any atom is 0.416 e. The molecule has 0 bridgehead atoms. The van der Waals surface area contributed by atoms with Crippen LogP contribution < -0.4 is 5.32 Å². The van der Waals surface area contributed by atoms with Crippen LogP contribution in [0.3, 0.4) is 0 Å². The fraction of sp³-hybridized carbons (Fsp3) is 0.360. The van der Waals surface area contributed by atoms with Crippen LogP contribution in [0.15, 0.2) is 53.7 Å². The number of alkyl halides is 3. The molecule has 2 aromatic carbocycles. The molecule has 0 radical (unpaired) electrons. The lowest BCUT2D eigenvalue weighted by Crippen LogP contribution is -2.32. The molecule has 0 saturated carbocycles. The SMILES string of the molecule is CCn1c(SCC(=O)Nc2cccc(C(F)(F)F)c2)nnc1C1CCCN1C(=O)c1ccccc1C. The molecule has 190 valence electrons. The molecule has 11 heteroatoms. The van der Waals surface area contributed by atoms with Crippen molar-refractivity contribution in [3.05, 3.63) is 71.0 Å². The number of hydrogen-bond donors (Lipinski definition) is 1. The van der Waals surface area contributed by atoms with Gasteiger partial charge in [-0.15, -0.1) is 10.2 Å². The third kappa shape index (κ3) is 5.56. The van der Waals surface area contributed by atoms with Gasteiger partial charge in [-0.25, -0.2) is 0 Å². The molecule has 2 amide bonds. The van der Waals surface area contributed by atoms with Gasteiger partial charge in [-0.1, -0.05) is 36.0 Å². The Hall–Kier alpha value is -3.34. The number of hydrogen-bond acceptors (Lipinski definition) is 5. The Morgan fingerprint density at radius 3 is 2.64 bits per heavy atom. The van der Waals surface area contributed by atoms with E-state index in [1.54, 1.807) is 0 Å². The zero-order valence-electron chi connectivity index (χ0n) is 19.9. The third-order valence-corrected chi connectivity index (χ3v) is 7.02. The monoisotopic (exact) mass is 517 g/mol. The Balaban J connectivity index is 1.45. The van der Waals surface area contributed by atoms with Gasteiger partial charge in [0, 0.05) is 24.3 Å². The summed E-state index contributed by atoms with van der Waals surface area (Å²) in [5.41, 5.74) is 0.815. The van der Waals surface area contributed by atoms with Crippen molar-refractivity contribution >= 4 is 29.3 Å². The lowest BCUT2D eigenvalue weighted by atomic mass is 10.1. The van der Waals surface area contributed by atoms with Crippen molar-refractivity contribution in [1.29, 1.82) is 0 Å². The van der Waals surface area contributed by atoms with E-state index < -0.39 is 17.6 Å². The summed E-state index contributed by atoms with van der Waals surface area (Å²) in [4.78, 5) is 27.5. The van der Waals surface area contributed by atoms with E-state index in [1.165, 1.54) is 12.1 Å². The summed E-state index contributed by atoms with van der Waals surface area (Å²) in [5.74, 6) is 0.114. The Morgan fingerprint density at radius 2 is 1.92 bits per heavy atom. The first-order valence-corrected chi connectivity index (χ1v) is 12.6. The van der Waals surface area contributed by atoms with Gasteiger partial charge in [-0.3, -0.25) is 9.59 Å². The van der Waals surface area contributed by atoms with Crippen LogP contribution in [0.4, 0.5) is 18.9 Å². The molecule has 1 unspecified atom stereocenters. The molecule has 1 N–H and O–H groups in total. The molecule has 1 saturated heterocycles. The van der Waals surface area contributed by atoms with Crippen molar-refractivity contribution in [3.8, 4) is 0 Å². The number of carbonyl (C=O) groups is 2. The van der Waals surface area contributed by atoms with Crippen molar-refractivity contribution < 1.29 is 22.8 Å². The van der Waals surface area contributed by atoms with Crippen LogP contribution in [0.1, 0.15) is 53.1 Å². The molecular formula is C25H26F3N5O2S. The largest absolute Gasteiger partial charge is 0.416 e. The van der Waals surface area contributed by atoms with Crippen LogP contribution in [0.2, 0.25) is 0 Å². The van der Waals surface area contributed by atoms with E-state index in [0.29, 0.717) is 29.6 Å². The first-order chi connectivity index (χ1) is 17.2. The maximum absolute atomic E-state index is 13.3. The van der Waals surface area contributed by atoms with Crippen molar-refractivity contribution in [3.63, 3.8) is 0 Å². The molecule has 1 atom stereocenters. The Morgan fingerprint density at radius 1 is 1.14 bits per heavy atom. The minimum absolute atomic E-state index is 0.0454. The van der Waals surface area contributed by atoms with Gasteiger partial charge in [0.2, 0.25) is 5.91 Å². The third-order valence-electron chi connectivity index (χ3n) is 6.05. The summed E-state index contributed by atoms with van der Waals surface area (Å²) in [5, 5.41) is 11.6. The average Bonchev–Trinajstić information content (AvgIpc) is 3.49. The number of benzene rings is 2.